The first kappa shape index (κ1) is 15.8. The summed E-state index contributed by atoms with van der Waals surface area (Å²) in [6.07, 6.45) is 0.602. The smallest absolute Gasteiger partial charge is 0.283 e. The Bertz CT molecular complexity index is 822. The molecule has 118 valence electrons. The van der Waals surface area contributed by atoms with E-state index in [0.717, 1.165) is 5.56 Å². The van der Waals surface area contributed by atoms with Crippen molar-refractivity contribution in [1.29, 1.82) is 0 Å². The normalized spacial score (nSPS) is 11.2. The van der Waals surface area contributed by atoms with Crippen LogP contribution in [0.25, 0.3) is 11.3 Å². The minimum absolute atomic E-state index is 0.176. The molecular weight excluding hydrogens is 347 g/mol. The lowest BCUT2D eigenvalue weighted by atomic mass is 10.0. The van der Waals surface area contributed by atoms with E-state index in [9.17, 15) is 8.78 Å². The quantitative estimate of drug-likeness (QED) is 0.663. The Hall–Kier alpha value is -2.05. The molecule has 4 nitrogen and oxygen atoms in total. The lowest BCUT2D eigenvalue weighted by Gasteiger charge is -2.08. The van der Waals surface area contributed by atoms with Crippen molar-refractivity contribution in [2.45, 2.75) is 12.8 Å². The van der Waals surface area contributed by atoms with Crippen molar-refractivity contribution in [3.63, 3.8) is 0 Å². The third-order valence-electron chi connectivity index (χ3n) is 3.12. The molecule has 0 amide bonds. The van der Waals surface area contributed by atoms with Gasteiger partial charge in [0.1, 0.15) is 11.5 Å². The molecule has 0 saturated heterocycles. The van der Waals surface area contributed by atoms with E-state index in [0.29, 0.717) is 27.9 Å². The fourth-order valence-electron chi connectivity index (χ4n) is 2.10. The molecule has 0 bridgehead atoms. The van der Waals surface area contributed by atoms with Crippen LogP contribution in [-0.4, -0.2) is 15.1 Å². The summed E-state index contributed by atoms with van der Waals surface area (Å²) in [6, 6.07) is 6.37. The molecule has 0 saturated carbocycles. The highest BCUT2D eigenvalue weighted by Crippen LogP contribution is 2.34. The molecule has 0 fully saturated rings. The first-order chi connectivity index (χ1) is 11.0. The van der Waals surface area contributed by atoms with Crippen LogP contribution in [0.4, 0.5) is 8.78 Å². The Balaban J connectivity index is 2.00. The minimum Gasteiger partial charge on any atom is -0.356 e. The van der Waals surface area contributed by atoms with Gasteiger partial charge in [0, 0.05) is 30.4 Å². The van der Waals surface area contributed by atoms with Crippen molar-refractivity contribution in [3.05, 3.63) is 63.8 Å². The topological polar surface area (TPSA) is 51.8 Å². The van der Waals surface area contributed by atoms with Crippen molar-refractivity contribution in [2.75, 3.05) is 0 Å². The van der Waals surface area contributed by atoms with Crippen molar-refractivity contribution >= 4 is 23.2 Å². The Morgan fingerprint density at radius 2 is 1.87 bits per heavy atom. The Kier molecular flexibility index (Phi) is 4.54. The summed E-state index contributed by atoms with van der Waals surface area (Å²) in [5.74, 6) is 0.696. The maximum Gasteiger partial charge on any atom is 0.283 e. The van der Waals surface area contributed by atoms with Gasteiger partial charge in [-0.25, -0.2) is 18.7 Å². The summed E-state index contributed by atoms with van der Waals surface area (Å²) < 4.78 is 30.4. The van der Waals surface area contributed by atoms with Gasteiger partial charge in [-0.1, -0.05) is 40.5 Å². The summed E-state index contributed by atoms with van der Waals surface area (Å²) in [7, 11) is 0. The lowest BCUT2D eigenvalue weighted by Crippen LogP contribution is -1.98. The number of hydrogen-bond donors (Lipinski definition) is 0. The molecule has 0 aliphatic heterocycles. The molecule has 3 aromatic rings. The average Bonchev–Trinajstić information content (AvgIpc) is 2.99. The number of aromatic nitrogens is 3. The van der Waals surface area contributed by atoms with Crippen LogP contribution in [0.2, 0.25) is 10.0 Å². The molecule has 0 unspecified atom stereocenters. The molecule has 0 spiro atoms. The standard InChI is InChI=1S/C15H9Cl2F2N3O/c16-9-6-20-13(21-7-9)4-8-2-1-3-10(17)14(8)12-5-11(15(18)19)22-23-12/h1-3,5-7,15H,4H2. The number of hydrogen-bond acceptors (Lipinski definition) is 4. The SMILES string of the molecule is FC(F)c1cc(-c2c(Cl)cccc2Cc2ncc(Cl)cn2)on1. The van der Waals surface area contributed by atoms with E-state index in [1.165, 1.54) is 18.5 Å². The fraction of sp³-hybridized carbons (Fsp3) is 0.133. The molecule has 23 heavy (non-hydrogen) atoms. The second-order valence-electron chi connectivity index (χ2n) is 4.68. The summed E-state index contributed by atoms with van der Waals surface area (Å²) >= 11 is 12.0. The first-order valence-electron chi connectivity index (χ1n) is 6.53. The Labute approximate surface area is 140 Å². The predicted molar refractivity (Wildman–Crippen MR) is 81.8 cm³/mol. The Morgan fingerprint density at radius 1 is 1.13 bits per heavy atom. The van der Waals surface area contributed by atoms with Gasteiger partial charge in [-0.2, -0.15) is 0 Å². The molecule has 8 heteroatoms. The summed E-state index contributed by atoms with van der Waals surface area (Å²) in [4.78, 5) is 8.24. The van der Waals surface area contributed by atoms with Crippen LogP contribution in [0.3, 0.4) is 0 Å². The lowest BCUT2D eigenvalue weighted by molar-refractivity contribution is 0.140. The molecule has 0 aliphatic rings. The molecule has 0 N–H and O–H groups in total. The second kappa shape index (κ2) is 6.60. The first-order valence-corrected chi connectivity index (χ1v) is 7.29. The van der Waals surface area contributed by atoms with Crippen LogP contribution in [0.15, 0.2) is 41.2 Å². The van der Waals surface area contributed by atoms with E-state index in [1.807, 2.05) is 0 Å². The zero-order valence-electron chi connectivity index (χ0n) is 11.5. The molecule has 2 heterocycles. The Morgan fingerprint density at radius 3 is 2.52 bits per heavy atom. The van der Waals surface area contributed by atoms with Crippen LogP contribution >= 0.6 is 23.2 Å². The predicted octanol–water partition coefficient (Wildman–Crippen LogP) is 4.97. The van der Waals surface area contributed by atoms with E-state index >= 15 is 0 Å². The summed E-state index contributed by atoms with van der Waals surface area (Å²) in [6.45, 7) is 0. The van der Waals surface area contributed by atoms with E-state index < -0.39 is 12.1 Å². The second-order valence-corrected chi connectivity index (χ2v) is 5.53. The van der Waals surface area contributed by atoms with Crippen LogP contribution in [0, 0.1) is 0 Å². The fourth-order valence-corrected chi connectivity index (χ4v) is 2.49. The van der Waals surface area contributed by atoms with Gasteiger partial charge in [0.15, 0.2) is 5.76 Å². The highest BCUT2D eigenvalue weighted by Gasteiger charge is 2.19. The molecular formula is C15H9Cl2F2N3O. The number of halogens is 4. The van der Waals surface area contributed by atoms with Gasteiger partial charge in [-0.3, -0.25) is 0 Å². The third kappa shape index (κ3) is 3.48. The van der Waals surface area contributed by atoms with Crippen molar-refractivity contribution in [1.82, 2.24) is 15.1 Å². The minimum atomic E-state index is -2.71. The third-order valence-corrected chi connectivity index (χ3v) is 3.63. The zero-order valence-corrected chi connectivity index (χ0v) is 13.0. The van der Waals surface area contributed by atoms with Crippen LogP contribution in [0.1, 0.15) is 23.5 Å². The molecule has 2 aromatic heterocycles. The van der Waals surface area contributed by atoms with E-state index in [2.05, 4.69) is 15.1 Å². The van der Waals surface area contributed by atoms with Crippen molar-refractivity contribution in [2.24, 2.45) is 0 Å². The van der Waals surface area contributed by atoms with Gasteiger partial charge in [-0.15, -0.1) is 0 Å². The van der Waals surface area contributed by atoms with Gasteiger partial charge >= 0.3 is 0 Å². The van der Waals surface area contributed by atoms with Gasteiger partial charge in [0.2, 0.25) is 0 Å². The van der Waals surface area contributed by atoms with Crippen molar-refractivity contribution < 1.29 is 13.3 Å². The van der Waals surface area contributed by atoms with E-state index in [4.69, 9.17) is 27.7 Å². The van der Waals surface area contributed by atoms with Crippen LogP contribution in [-0.2, 0) is 6.42 Å². The summed E-state index contributed by atoms with van der Waals surface area (Å²) in [5, 5.41) is 4.16. The van der Waals surface area contributed by atoms with Crippen LogP contribution in [0.5, 0.6) is 0 Å². The molecule has 1 aromatic carbocycles. The monoisotopic (exact) mass is 355 g/mol. The van der Waals surface area contributed by atoms with Gasteiger partial charge in [0.05, 0.1) is 10.0 Å². The number of alkyl halides is 2. The maximum atomic E-state index is 12.7. The largest absolute Gasteiger partial charge is 0.356 e. The van der Waals surface area contributed by atoms with Crippen molar-refractivity contribution in [3.8, 4) is 11.3 Å². The molecule has 0 atom stereocenters. The maximum absolute atomic E-state index is 12.7. The van der Waals surface area contributed by atoms with Gasteiger partial charge in [-0.05, 0) is 11.6 Å². The molecule has 3 rings (SSSR count). The molecule has 0 aliphatic carbocycles. The summed E-state index contributed by atoms with van der Waals surface area (Å²) in [5.41, 5.74) is 0.789. The highest BCUT2D eigenvalue weighted by molar-refractivity contribution is 6.33. The van der Waals surface area contributed by atoms with E-state index in [1.54, 1.807) is 18.2 Å². The van der Waals surface area contributed by atoms with Gasteiger partial charge < -0.3 is 4.52 Å². The number of nitrogens with zero attached hydrogens (tertiary/aromatic N) is 3. The molecule has 0 radical (unpaired) electrons. The van der Waals surface area contributed by atoms with Crippen LogP contribution < -0.4 is 0 Å². The zero-order chi connectivity index (χ0) is 16.4. The number of benzene rings is 1. The highest BCUT2D eigenvalue weighted by atomic mass is 35.5. The number of rotatable bonds is 4. The average molecular weight is 356 g/mol. The van der Waals surface area contributed by atoms with Gasteiger partial charge in [0.25, 0.3) is 6.43 Å². The van der Waals surface area contributed by atoms with E-state index in [-0.39, 0.29) is 5.76 Å².